The number of aromatic nitrogens is 1. The molecule has 0 radical (unpaired) electrons. The van der Waals surface area contributed by atoms with Crippen molar-refractivity contribution >= 4 is 11.6 Å². The number of para-hydroxylation sites is 1. The molecule has 5 heteroatoms. The molecule has 5 nitrogen and oxygen atoms in total. The molecule has 26 heavy (non-hydrogen) atoms. The quantitative estimate of drug-likeness (QED) is 0.901. The molecule has 1 N–H and O–H groups in total. The van der Waals surface area contributed by atoms with Crippen LogP contribution in [0.25, 0.3) is 0 Å². The van der Waals surface area contributed by atoms with Crippen molar-refractivity contribution in [3.05, 3.63) is 60.4 Å². The molecular weight excluding hydrogens is 324 g/mol. The van der Waals surface area contributed by atoms with E-state index in [2.05, 4.69) is 32.2 Å². The largest absolute Gasteiger partial charge is 0.325 e. The molecule has 0 unspecified atom stereocenters. The van der Waals surface area contributed by atoms with Gasteiger partial charge in [-0.3, -0.25) is 19.6 Å². The summed E-state index contributed by atoms with van der Waals surface area (Å²) >= 11 is 0. The highest BCUT2D eigenvalue weighted by molar-refractivity contribution is 5.92. The molecule has 3 saturated heterocycles. The fourth-order valence-electron chi connectivity index (χ4n) is 4.23. The van der Waals surface area contributed by atoms with E-state index in [-0.39, 0.29) is 5.91 Å². The van der Waals surface area contributed by atoms with Crippen LogP contribution in [0.4, 0.5) is 5.69 Å². The molecule has 3 aliphatic rings. The first-order valence-corrected chi connectivity index (χ1v) is 9.47. The number of anilines is 1. The van der Waals surface area contributed by atoms with Gasteiger partial charge in [-0.1, -0.05) is 24.3 Å². The molecule has 2 aromatic rings. The smallest absolute Gasteiger partial charge is 0.238 e. The van der Waals surface area contributed by atoms with Crippen molar-refractivity contribution in [2.45, 2.75) is 25.4 Å². The standard InChI is InChI=1S/C21H26N4O/c26-21(23-18-6-2-1-3-7-18)16-25-13-17-9-10-20(25)15-24(12-17)14-19-8-4-5-11-22-19/h1-8,11,17,20H,9-10,12-16H2,(H,23,26)/t17-,20+/m0/s1. The average Bonchev–Trinajstić information content (AvgIpc) is 2.94. The highest BCUT2D eigenvalue weighted by Gasteiger charge is 2.35. The molecule has 1 aromatic heterocycles. The topological polar surface area (TPSA) is 48.5 Å². The van der Waals surface area contributed by atoms with Gasteiger partial charge in [0.2, 0.25) is 5.91 Å². The minimum Gasteiger partial charge on any atom is -0.325 e. The van der Waals surface area contributed by atoms with E-state index in [0.717, 1.165) is 37.6 Å². The lowest BCUT2D eigenvalue weighted by Crippen LogP contribution is -2.47. The summed E-state index contributed by atoms with van der Waals surface area (Å²) in [6, 6.07) is 16.3. The van der Waals surface area contributed by atoms with Crippen LogP contribution in [0.3, 0.4) is 0 Å². The van der Waals surface area contributed by atoms with Crippen LogP contribution in [-0.4, -0.2) is 52.9 Å². The average molecular weight is 350 g/mol. The minimum atomic E-state index is 0.0834. The second-order valence-electron chi connectivity index (χ2n) is 7.46. The molecule has 3 aliphatic heterocycles. The Labute approximate surface area is 155 Å². The summed E-state index contributed by atoms with van der Waals surface area (Å²) in [5, 5.41) is 3.02. The van der Waals surface area contributed by atoms with Crippen LogP contribution in [-0.2, 0) is 11.3 Å². The van der Waals surface area contributed by atoms with Gasteiger partial charge in [0, 0.05) is 44.1 Å². The van der Waals surface area contributed by atoms with E-state index < -0.39 is 0 Å². The minimum absolute atomic E-state index is 0.0834. The summed E-state index contributed by atoms with van der Waals surface area (Å²) in [6.07, 6.45) is 4.31. The number of rotatable bonds is 5. The zero-order chi connectivity index (χ0) is 17.8. The second-order valence-corrected chi connectivity index (χ2v) is 7.46. The maximum Gasteiger partial charge on any atom is 0.238 e. The molecule has 1 amide bonds. The maximum atomic E-state index is 12.5. The number of hydrogen-bond donors (Lipinski definition) is 1. The van der Waals surface area contributed by atoms with Crippen LogP contribution in [0.5, 0.6) is 0 Å². The normalized spacial score (nSPS) is 23.5. The Morgan fingerprint density at radius 3 is 2.69 bits per heavy atom. The Hall–Kier alpha value is -2.24. The van der Waals surface area contributed by atoms with Crippen LogP contribution < -0.4 is 5.32 Å². The lowest BCUT2D eigenvalue weighted by Gasteiger charge is -2.35. The number of pyridine rings is 1. The predicted octanol–water partition coefficient (Wildman–Crippen LogP) is 2.62. The summed E-state index contributed by atoms with van der Waals surface area (Å²) in [6.45, 7) is 4.52. The van der Waals surface area contributed by atoms with Gasteiger partial charge in [0.25, 0.3) is 0 Å². The van der Waals surface area contributed by atoms with Crippen molar-refractivity contribution in [1.82, 2.24) is 14.8 Å². The van der Waals surface area contributed by atoms with Gasteiger partial charge in [0.1, 0.15) is 0 Å². The van der Waals surface area contributed by atoms with E-state index in [9.17, 15) is 4.79 Å². The molecule has 4 heterocycles. The van der Waals surface area contributed by atoms with Crippen molar-refractivity contribution in [1.29, 1.82) is 0 Å². The summed E-state index contributed by atoms with van der Waals surface area (Å²) in [7, 11) is 0. The first-order chi connectivity index (χ1) is 12.8. The molecule has 0 spiro atoms. The molecule has 136 valence electrons. The highest BCUT2D eigenvalue weighted by Crippen LogP contribution is 2.28. The third kappa shape index (κ3) is 4.29. The van der Waals surface area contributed by atoms with E-state index in [1.54, 1.807) is 0 Å². The van der Waals surface area contributed by atoms with Gasteiger partial charge >= 0.3 is 0 Å². The molecule has 5 rings (SSSR count). The molecule has 2 atom stereocenters. The first kappa shape index (κ1) is 17.2. The number of nitrogens with one attached hydrogen (secondary N) is 1. The van der Waals surface area contributed by atoms with Gasteiger partial charge in [-0.15, -0.1) is 0 Å². The van der Waals surface area contributed by atoms with Gasteiger partial charge in [-0.05, 0) is 43.0 Å². The van der Waals surface area contributed by atoms with Crippen LogP contribution in [0.1, 0.15) is 18.5 Å². The zero-order valence-electron chi connectivity index (χ0n) is 15.1. The monoisotopic (exact) mass is 350 g/mol. The van der Waals surface area contributed by atoms with Gasteiger partial charge in [-0.25, -0.2) is 0 Å². The third-order valence-electron chi connectivity index (χ3n) is 5.42. The Kier molecular flexibility index (Phi) is 5.27. The fraction of sp³-hybridized carbons (Fsp3) is 0.429. The summed E-state index contributed by atoms with van der Waals surface area (Å²) < 4.78 is 0. The maximum absolute atomic E-state index is 12.5. The third-order valence-corrected chi connectivity index (χ3v) is 5.42. The van der Waals surface area contributed by atoms with Crippen molar-refractivity contribution in [2.24, 2.45) is 5.92 Å². The molecule has 3 fully saturated rings. The van der Waals surface area contributed by atoms with Gasteiger partial charge in [-0.2, -0.15) is 0 Å². The summed E-state index contributed by atoms with van der Waals surface area (Å²) in [5.41, 5.74) is 2.00. The number of carbonyl (C=O) groups excluding carboxylic acids is 1. The van der Waals surface area contributed by atoms with E-state index in [1.165, 1.54) is 12.8 Å². The number of hydrogen-bond acceptors (Lipinski definition) is 4. The summed E-state index contributed by atoms with van der Waals surface area (Å²) in [5.74, 6) is 0.724. The Balaban J connectivity index is 1.36. The number of amides is 1. The van der Waals surface area contributed by atoms with Gasteiger partial charge in [0.15, 0.2) is 0 Å². The number of fused-ring (bicyclic) bond motifs is 4. The van der Waals surface area contributed by atoms with Crippen LogP contribution in [0.2, 0.25) is 0 Å². The second kappa shape index (κ2) is 7.98. The zero-order valence-corrected chi connectivity index (χ0v) is 15.1. The number of carbonyl (C=O) groups is 1. The van der Waals surface area contributed by atoms with E-state index in [1.807, 2.05) is 42.6 Å². The Morgan fingerprint density at radius 1 is 1.04 bits per heavy atom. The first-order valence-electron chi connectivity index (χ1n) is 9.47. The molecule has 2 bridgehead atoms. The van der Waals surface area contributed by atoms with Crippen LogP contribution >= 0.6 is 0 Å². The van der Waals surface area contributed by atoms with Crippen molar-refractivity contribution in [3.63, 3.8) is 0 Å². The van der Waals surface area contributed by atoms with E-state index in [0.29, 0.717) is 18.5 Å². The van der Waals surface area contributed by atoms with Crippen LogP contribution in [0.15, 0.2) is 54.7 Å². The Bertz CT molecular complexity index is 721. The highest BCUT2D eigenvalue weighted by atomic mass is 16.2. The van der Waals surface area contributed by atoms with Crippen molar-refractivity contribution in [3.8, 4) is 0 Å². The lowest BCUT2D eigenvalue weighted by atomic mass is 9.95. The van der Waals surface area contributed by atoms with E-state index >= 15 is 0 Å². The van der Waals surface area contributed by atoms with Gasteiger partial charge in [0.05, 0.1) is 12.2 Å². The van der Waals surface area contributed by atoms with Gasteiger partial charge < -0.3 is 5.32 Å². The lowest BCUT2D eigenvalue weighted by molar-refractivity contribution is -0.118. The summed E-state index contributed by atoms with van der Waals surface area (Å²) in [4.78, 5) is 21.8. The molecular formula is C21H26N4O. The van der Waals surface area contributed by atoms with Crippen LogP contribution in [0, 0.1) is 5.92 Å². The fourth-order valence-corrected chi connectivity index (χ4v) is 4.23. The van der Waals surface area contributed by atoms with E-state index in [4.69, 9.17) is 0 Å². The number of benzene rings is 1. The SMILES string of the molecule is O=C(CN1C[C@H]2CC[C@@H]1CN(Cc1ccccn1)C2)Nc1ccccc1. The molecule has 0 aliphatic carbocycles. The molecule has 1 aromatic carbocycles. The number of nitrogens with zero attached hydrogens (tertiary/aromatic N) is 3. The predicted molar refractivity (Wildman–Crippen MR) is 103 cm³/mol. The Morgan fingerprint density at radius 2 is 1.88 bits per heavy atom. The number of piperidine rings is 1. The van der Waals surface area contributed by atoms with Crippen molar-refractivity contribution in [2.75, 3.05) is 31.5 Å². The van der Waals surface area contributed by atoms with Crippen molar-refractivity contribution < 1.29 is 4.79 Å². The molecule has 0 saturated carbocycles.